The van der Waals surface area contributed by atoms with Gasteiger partial charge in [0.2, 0.25) is 0 Å². The predicted molar refractivity (Wildman–Crippen MR) is 79.4 cm³/mol. The lowest BCUT2D eigenvalue weighted by atomic mass is 10.1. The van der Waals surface area contributed by atoms with E-state index in [-0.39, 0.29) is 0 Å². The minimum absolute atomic E-state index is 0.856. The normalized spacial score (nSPS) is 9.58. The summed E-state index contributed by atoms with van der Waals surface area (Å²) in [5, 5.41) is 0. The number of rotatable bonds is 3. The van der Waals surface area contributed by atoms with Gasteiger partial charge in [-0.05, 0) is 48.4 Å². The molecule has 0 fully saturated rings. The molecule has 0 bridgehead atoms. The van der Waals surface area contributed by atoms with Gasteiger partial charge >= 0.3 is 0 Å². The third-order valence-corrected chi connectivity index (χ3v) is 2.93. The summed E-state index contributed by atoms with van der Waals surface area (Å²) >= 11 is 0. The van der Waals surface area contributed by atoms with Crippen molar-refractivity contribution in [2.75, 3.05) is 7.11 Å². The Morgan fingerprint density at radius 1 is 0.842 bits per heavy atom. The van der Waals surface area contributed by atoms with Gasteiger partial charge in [-0.25, -0.2) is 0 Å². The lowest BCUT2D eigenvalue weighted by molar-refractivity contribution is 0.415. The zero-order valence-corrected chi connectivity index (χ0v) is 11.4. The smallest absolute Gasteiger partial charge is 0.118 e. The van der Waals surface area contributed by atoms with E-state index in [1.807, 2.05) is 24.3 Å². The summed E-state index contributed by atoms with van der Waals surface area (Å²) in [4.78, 5) is 0. The van der Waals surface area contributed by atoms with Crippen molar-refractivity contribution in [3.63, 3.8) is 0 Å². The Kier molecular flexibility index (Phi) is 4.64. The number of methoxy groups -OCH3 is 1. The summed E-state index contributed by atoms with van der Waals surface area (Å²) in [6, 6.07) is 16.3. The van der Waals surface area contributed by atoms with Crippen LogP contribution in [0.2, 0.25) is 0 Å². The van der Waals surface area contributed by atoms with E-state index in [0.29, 0.717) is 0 Å². The zero-order valence-electron chi connectivity index (χ0n) is 11.4. The molecule has 0 saturated carbocycles. The Morgan fingerprint density at radius 2 is 1.37 bits per heavy atom. The molecule has 2 aromatic rings. The van der Waals surface area contributed by atoms with Crippen molar-refractivity contribution in [1.29, 1.82) is 0 Å². The van der Waals surface area contributed by atoms with Gasteiger partial charge in [-0.2, -0.15) is 0 Å². The van der Waals surface area contributed by atoms with Crippen LogP contribution in [-0.2, 0) is 6.42 Å². The molecule has 19 heavy (non-hydrogen) atoms. The van der Waals surface area contributed by atoms with Gasteiger partial charge in [0.05, 0.1) is 7.11 Å². The molecule has 0 radical (unpaired) electrons. The van der Waals surface area contributed by atoms with Gasteiger partial charge < -0.3 is 4.74 Å². The molecule has 0 spiro atoms. The molecule has 0 saturated heterocycles. The summed E-state index contributed by atoms with van der Waals surface area (Å²) in [6.45, 7) is 2.19. The van der Waals surface area contributed by atoms with E-state index >= 15 is 0 Å². The first-order valence-electron chi connectivity index (χ1n) is 6.57. The standard InChI is InChI=1S/C18H18O/c1-3-4-15-5-7-16(8-6-15)9-10-17-11-13-18(19-2)14-12-17/h5-8,11-14H,3-4H2,1-2H3. The van der Waals surface area contributed by atoms with Crippen LogP contribution in [0.25, 0.3) is 0 Å². The highest BCUT2D eigenvalue weighted by atomic mass is 16.5. The van der Waals surface area contributed by atoms with Crippen molar-refractivity contribution >= 4 is 0 Å². The molecule has 0 unspecified atom stereocenters. The van der Waals surface area contributed by atoms with Gasteiger partial charge in [0.15, 0.2) is 0 Å². The van der Waals surface area contributed by atoms with Crippen LogP contribution in [0.15, 0.2) is 48.5 Å². The first-order chi connectivity index (χ1) is 9.31. The van der Waals surface area contributed by atoms with E-state index in [9.17, 15) is 0 Å². The quantitative estimate of drug-likeness (QED) is 0.747. The molecule has 0 N–H and O–H groups in total. The molecule has 0 atom stereocenters. The van der Waals surface area contributed by atoms with Crippen LogP contribution in [0, 0.1) is 11.8 Å². The van der Waals surface area contributed by atoms with Gasteiger partial charge in [-0.15, -0.1) is 0 Å². The van der Waals surface area contributed by atoms with Crippen molar-refractivity contribution in [2.24, 2.45) is 0 Å². The Balaban J connectivity index is 2.09. The second-order valence-corrected chi connectivity index (χ2v) is 4.43. The Bertz CT molecular complexity index is 568. The third kappa shape index (κ3) is 3.89. The number of hydrogen-bond acceptors (Lipinski definition) is 1. The second-order valence-electron chi connectivity index (χ2n) is 4.43. The Labute approximate surface area is 115 Å². The minimum atomic E-state index is 0.856. The van der Waals surface area contributed by atoms with Gasteiger partial charge in [0, 0.05) is 11.1 Å². The average Bonchev–Trinajstić information content (AvgIpc) is 2.47. The monoisotopic (exact) mass is 250 g/mol. The van der Waals surface area contributed by atoms with Crippen molar-refractivity contribution in [3.05, 3.63) is 65.2 Å². The summed E-state index contributed by atoms with van der Waals surface area (Å²) in [5.74, 6) is 7.19. The maximum atomic E-state index is 5.12. The van der Waals surface area contributed by atoms with Gasteiger partial charge in [0.1, 0.15) is 5.75 Å². The molecule has 1 nitrogen and oxygen atoms in total. The summed E-state index contributed by atoms with van der Waals surface area (Å²) in [6.07, 6.45) is 2.31. The van der Waals surface area contributed by atoms with Crippen LogP contribution in [0.1, 0.15) is 30.0 Å². The van der Waals surface area contributed by atoms with E-state index in [1.54, 1.807) is 7.11 Å². The third-order valence-electron chi connectivity index (χ3n) is 2.93. The van der Waals surface area contributed by atoms with Crippen LogP contribution in [0.4, 0.5) is 0 Å². The molecule has 0 aliphatic rings. The van der Waals surface area contributed by atoms with E-state index in [0.717, 1.165) is 23.3 Å². The highest BCUT2D eigenvalue weighted by Gasteiger charge is 1.92. The molecule has 0 aliphatic carbocycles. The second kappa shape index (κ2) is 6.66. The first-order valence-corrected chi connectivity index (χ1v) is 6.57. The molecule has 2 aromatic carbocycles. The number of ether oxygens (including phenoxy) is 1. The summed E-state index contributed by atoms with van der Waals surface area (Å²) in [5.41, 5.74) is 3.42. The van der Waals surface area contributed by atoms with Gasteiger partial charge in [0.25, 0.3) is 0 Å². The average molecular weight is 250 g/mol. The highest BCUT2D eigenvalue weighted by molar-refractivity contribution is 5.44. The molecule has 0 heterocycles. The van der Waals surface area contributed by atoms with Crippen molar-refractivity contribution in [2.45, 2.75) is 19.8 Å². The van der Waals surface area contributed by atoms with Crippen LogP contribution < -0.4 is 4.74 Å². The number of aryl methyl sites for hydroxylation is 1. The molecule has 0 amide bonds. The molecule has 0 aliphatic heterocycles. The molecule has 2 rings (SSSR count). The van der Waals surface area contributed by atoms with Crippen LogP contribution in [0.5, 0.6) is 5.75 Å². The maximum absolute atomic E-state index is 5.12. The summed E-state index contributed by atoms with van der Waals surface area (Å²) in [7, 11) is 1.67. The predicted octanol–water partition coefficient (Wildman–Crippen LogP) is 4.05. The van der Waals surface area contributed by atoms with Crippen molar-refractivity contribution in [1.82, 2.24) is 0 Å². The molecule has 1 heteroatoms. The maximum Gasteiger partial charge on any atom is 0.118 e. The van der Waals surface area contributed by atoms with E-state index in [4.69, 9.17) is 4.74 Å². The number of hydrogen-bond donors (Lipinski definition) is 0. The van der Waals surface area contributed by atoms with E-state index in [1.165, 1.54) is 12.0 Å². The fourth-order valence-corrected chi connectivity index (χ4v) is 1.86. The Hall–Kier alpha value is -2.20. The largest absolute Gasteiger partial charge is 0.497 e. The minimum Gasteiger partial charge on any atom is -0.497 e. The zero-order chi connectivity index (χ0) is 13.5. The van der Waals surface area contributed by atoms with E-state index in [2.05, 4.69) is 43.0 Å². The topological polar surface area (TPSA) is 9.23 Å². The number of benzene rings is 2. The van der Waals surface area contributed by atoms with Crippen molar-refractivity contribution in [3.8, 4) is 17.6 Å². The first kappa shape index (κ1) is 13.2. The molecular formula is C18H18O. The molecule has 0 aromatic heterocycles. The molecular weight excluding hydrogens is 232 g/mol. The SMILES string of the molecule is CCCc1ccc(C#Cc2ccc(OC)cc2)cc1. The van der Waals surface area contributed by atoms with Crippen LogP contribution >= 0.6 is 0 Å². The highest BCUT2D eigenvalue weighted by Crippen LogP contribution is 2.11. The van der Waals surface area contributed by atoms with Gasteiger partial charge in [-0.3, -0.25) is 0 Å². The summed E-state index contributed by atoms with van der Waals surface area (Å²) < 4.78 is 5.12. The van der Waals surface area contributed by atoms with Crippen LogP contribution in [0.3, 0.4) is 0 Å². The fraction of sp³-hybridized carbons (Fsp3) is 0.222. The lowest BCUT2D eigenvalue weighted by Crippen LogP contribution is -1.83. The van der Waals surface area contributed by atoms with Crippen molar-refractivity contribution < 1.29 is 4.74 Å². The van der Waals surface area contributed by atoms with Gasteiger partial charge in [-0.1, -0.05) is 37.3 Å². The van der Waals surface area contributed by atoms with Crippen LogP contribution in [-0.4, -0.2) is 7.11 Å². The fourth-order valence-electron chi connectivity index (χ4n) is 1.86. The lowest BCUT2D eigenvalue weighted by Gasteiger charge is -1.98. The Morgan fingerprint density at radius 3 is 1.84 bits per heavy atom. The van der Waals surface area contributed by atoms with E-state index < -0.39 is 0 Å². The molecule has 96 valence electrons.